The number of nitrogens with one attached hydrogen (secondary N) is 1. The highest BCUT2D eigenvalue weighted by Crippen LogP contribution is 2.33. The number of hydrogen-bond donors (Lipinski definition) is 1. The molecule has 1 rings (SSSR count). The van der Waals surface area contributed by atoms with Crippen LogP contribution in [0.4, 0.5) is 0 Å². The van der Waals surface area contributed by atoms with Crippen LogP contribution in [0.1, 0.15) is 59.8 Å². The monoisotopic (exact) mass is 183 g/mol. The third-order valence-corrected chi connectivity index (χ3v) is 3.61. The van der Waals surface area contributed by atoms with Crippen molar-refractivity contribution >= 4 is 0 Å². The first-order valence-electron chi connectivity index (χ1n) is 5.84. The van der Waals surface area contributed by atoms with Gasteiger partial charge in [0.15, 0.2) is 0 Å². The molecule has 1 nitrogen and oxygen atoms in total. The summed E-state index contributed by atoms with van der Waals surface area (Å²) in [4.78, 5) is 0. The zero-order valence-electron chi connectivity index (χ0n) is 9.69. The second-order valence-corrected chi connectivity index (χ2v) is 5.16. The minimum absolute atomic E-state index is 0.353. The van der Waals surface area contributed by atoms with Crippen molar-refractivity contribution in [1.82, 2.24) is 5.32 Å². The van der Waals surface area contributed by atoms with Gasteiger partial charge in [0.25, 0.3) is 0 Å². The standard InChI is InChI=1S/C12H25N/c1-5-10(2)13-12(3,4)11-8-6-7-9-11/h10-11,13H,5-9H2,1-4H3. The van der Waals surface area contributed by atoms with E-state index < -0.39 is 0 Å². The lowest BCUT2D eigenvalue weighted by Gasteiger charge is -2.35. The second-order valence-electron chi connectivity index (χ2n) is 5.16. The zero-order valence-corrected chi connectivity index (χ0v) is 9.69. The Balaban J connectivity index is 2.43. The molecule has 1 atom stereocenters. The van der Waals surface area contributed by atoms with Crippen LogP contribution in [-0.2, 0) is 0 Å². The fraction of sp³-hybridized carbons (Fsp3) is 1.00. The fourth-order valence-electron chi connectivity index (χ4n) is 2.50. The van der Waals surface area contributed by atoms with Gasteiger partial charge in [-0.2, -0.15) is 0 Å². The normalized spacial score (nSPS) is 22.2. The Kier molecular flexibility index (Phi) is 3.78. The molecule has 1 aliphatic rings. The third kappa shape index (κ3) is 2.98. The maximum absolute atomic E-state index is 3.75. The van der Waals surface area contributed by atoms with Gasteiger partial charge in [0.2, 0.25) is 0 Å². The Hall–Kier alpha value is -0.0400. The topological polar surface area (TPSA) is 12.0 Å². The van der Waals surface area contributed by atoms with Gasteiger partial charge < -0.3 is 5.32 Å². The quantitative estimate of drug-likeness (QED) is 0.705. The zero-order chi connectivity index (χ0) is 9.90. The molecule has 0 spiro atoms. The van der Waals surface area contributed by atoms with Gasteiger partial charge >= 0.3 is 0 Å². The molecule has 0 heterocycles. The van der Waals surface area contributed by atoms with Crippen LogP contribution in [0.3, 0.4) is 0 Å². The Labute approximate surface area is 83.3 Å². The van der Waals surface area contributed by atoms with Crippen LogP contribution in [0.15, 0.2) is 0 Å². The molecular weight excluding hydrogens is 158 g/mol. The van der Waals surface area contributed by atoms with Crippen LogP contribution in [0.25, 0.3) is 0 Å². The molecule has 1 unspecified atom stereocenters. The van der Waals surface area contributed by atoms with Crippen LogP contribution in [0, 0.1) is 5.92 Å². The summed E-state index contributed by atoms with van der Waals surface area (Å²) in [6.07, 6.45) is 6.97. The Morgan fingerprint density at radius 3 is 2.31 bits per heavy atom. The van der Waals surface area contributed by atoms with Gasteiger partial charge in [-0.15, -0.1) is 0 Å². The minimum atomic E-state index is 0.353. The van der Waals surface area contributed by atoms with Crippen molar-refractivity contribution < 1.29 is 0 Å². The van der Waals surface area contributed by atoms with Gasteiger partial charge in [-0.25, -0.2) is 0 Å². The molecule has 0 aromatic carbocycles. The minimum Gasteiger partial charge on any atom is -0.309 e. The lowest BCUT2D eigenvalue weighted by molar-refractivity contribution is 0.231. The maximum atomic E-state index is 3.75. The van der Waals surface area contributed by atoms with Gasteiger partial charge in [0.05, 0.1) is 0 Å². The van der Waals surface area contributed by atoms with E-state index in [1.54, 1.807) is 0 Å². The fourth-order valence-corrected chi connectivity index (χ4v) is 2.50. The van der Waals surface area contributed by atoms with Gasteiger partial charge in [0.1, 0.15) is 0 Å². The van der Waals surface area contributed by atoms with Crippen molar-refractivity contribution in [1.29, 1.82) is 0 Å². The van der Waals surface area contributed by atoms with E-state index in [9.17, 15) is 0 Å². The first-order valence-corrected chi connectivity index (χ1v) is 5.84. The van der Waals surface area contributed by atoms with Crippen LogP contribution in [-0.4, -0.2) is 11.6 Å². The summed E-state index contributed by atoms with van der Waals surface area (Å²) in [5, 5.41) is 3.75. The van der Waals surface area contributed by atoms with E-state index in [1.807, 2.05) is 0 Å². The van der Waals surface area contributed by atoms with Gasteiger partial charge in [-0.05, 0) is 46.0 Å². The average Bonchev–Trinajstić information content (AvgIpc) is 2.55. The highest BCUT2D eigenvalue weighted by molar-refractivity contribution is 4.90. The highest BCUT2D eigenvalue weighted by atomic mass is 15.0. The molecular formula is C12H25N. The van der Waals surface area contributed by atoms with Crippen molar-refractivity contribution in [2.45, 2.75) is 71.4 Å². The largest absolute Gasteiger partial charge is 0.309 e. The first-order chi connectivity index (χ1) is 6.06. The molecule has 0 aromatic heterocycles. The van der Waals surface area contributed by atoms with E-state index in [1.165, 1.54) is 32.1 Å². The summed E-state index contributed by atoms with van der Waals surface area (Å²) in [7, 11) is 0. The molecule has 0 radical (unpaired) electrons. The summed E-state index contributed by atoms with van der Waals surface area (Å²) < 4.78 is 0. The summed E-state index contributed by atoms with van der Waals surface area (Å²) in [6.45, 7) is 9.28. The maximum Gasteiger partial charge on any atom is 0.0155 e. The predicted molar refractivity (Wildman–Crippen MR) is 58.9 cm³/mol. The van der Waals surface area contributed by atoms with Crippen molar-refractivity contribution in [2.75, 3.05) is 0 Å². The molecule has 0 aliphatic heterocycles. The van der Waals surface area contributed by atoms with Crippen molar-refractivity contribution in [3.05, 3.63) is 0 Å². The van der Waals surface area contributed by atoms with Gasteiger partial charge in [0, 0.05) is 11.6 Å². The molecule has 78 valence electrons. The molecule has 1 fully saturated rings. The van der Waals surface area contributed by atoms with E-state index >= 15 is 0 Å². The second kappa shape index (κ2) is 4.45. The van der Waals surface area contributed by atoms with E-state index in [2.05, 4.69) is 33.0 Å². The third-order valence-electron chi connectivity index (χ3n) is 3.61. The van der Waals surface area contributed by atoms with Crippen LogP contribution < -0.4 is 5.32 Å². The number of rotatable bonds is 4. The summed E-state index contributed by atoms with van der Waals surface area (Å²) in [6, 6.07) is 0.663. The van der Waals surface area contributed by atoms with Crippen LogP contribution in [0.2, 0.25) is 0 Å². The van der Waals surface area contributed by atoms with Gasteiger partial charge in [-0.3, -0.25) is 0 Å². The van der Waals surface area contributed by atoms with Crippen LogP contribution in [0.5, 0.6) is 0 Å². The molecule has 1 N–H and O–H groups in total. The van der Waals surface area contributed by atoms with Crippen molar-refractivity contribution in [3.63, 3.8) is 0 Å². The van der Waals surface area contributed by atoms with Crippen molar-refractivity contribution in [2.24, 2.45) is 5.92 Å². The number of hydrogen-bond acceptors (Lipinski definition) is 1. The molecule has 0 bridgehead atoms. The molecule has 0 saturated heterocycles. The van der Waals surface area contributed by atoms with E-state index in [-0.39, 0.29) is 0 Å². The van der Waals surface area contributed by atoms with E-state index in [0.29, 0.717) is 11.6 Å². The Bertz CT molecular complexity index is 145. The van der Waals surface area contributed by atoms with Crippen molar-refractivity contribution in [3.8, 4) is 0 Å². The Morgan fingerprint density at radius 2 is 1.85 bits per heavy atom. The molecule has 0 aromatic rings. The average molecular weight is 183 g/mol. The van der Waals surface area contributed by atoms with Crippen LogP contribution >= 0.6 is 0 Å². The molecule has 0 amide bonds. The molecule has 13 heavy (non-hydrogen) atoms. The molecule has 1 saturated carbocycles. The highest BCUT2D eigenvalue weighted by Gasteiger charge is 2.31. The lowest BCUT2D eigenvalue weighted by Crippen LogP contribution is -2.49. The van der Waals surface area contributed by atoms with E-state index in [0.717, 1.165) is 5.92 Å². The SMILES string of the molecule is CCC(C)NC(C)(C)C1CCCC1. The van der Waals surface area contributed by atoms with E-state index in [4.69, 9.17) is 0 Å². The van der Waals surface area contributed by atoms with Gasteiger partial charge in [-0.1, -0.05) is 19.8 Å². The smallest absolute Gasteiger partial charge is 0.0155 e. The Morgan fingerprint density at radius 1 is 1.31 bits per heavy atom. The molecule has 1 aliphatic carbocycles. The summed E-state index contributed by atoms with van der Waals surface area (Å²) in [5.74, 6) is 0.904. The summed E-state index contributed by atoms with van der Waals surface area (Å²) >= 11 is 0. The first kappa shape index (κ1) is 11.0. The predicted octanol–water partition coefficient (Wildman–Crippen LogP) is 3.34. The lowest BCUT2D eigenvalue weighted by atomic mass is 9.85. The molecule has 1 heteroatoms. The summed E-state index contributed by atoms with van der Waals surface area (Å²) in [5.41, 5.74) is 0.353.